The molecule has 5 nitrogen and oxygen atoms in total. The topological polar surface area (TPSA) is 68.5 Å². The van der Waals surface area contributed by atoms with Gasteiger partial charge in [-0.3, -0.25) is 9.59 Å². The Morgan fingerprint density at radius 1 is 1.30 bits per heavy atom. The van der Waals surface area contributed by atoms with Gasteiger partial charge >= 0.3 is 5.97 Å². The Labute approximate surface area is 124 Å². The predicted octanol–water partition coefficient (Wildman–Crippen LogP) is 3.01. The normalized spacial score (nSPS) is 10.1. The van der Waals surface area contributed by atoms with Gasteiger partial charge in [0, 0.05) is 5.69 Å². The molecule has 0 aliphatic carbocycles. The number of rotatable bonds is 4. The van der Waals surface area contributed by atoms with Gasteiger partial charge in [-0.2, -0.15) is 0 Å². The summed E-state index contributed by atoms with van der Waals surface area (Å²) in [5, 5.41) is 2.70. The quantitative estimate of drug-likeness (QED) is 0.870. The first-order valence-electron chi connectivity index (χ1n) is 5.81. The first kappa shape index (κ1) is 14.3. The molecule has 0 saturated heterocycles. The highest BCUT2D eigenvalue weighted by Crippen LogP contribution is 2.17. The van der Waals surface area contributed by atoms with Crippen LogP contribution in [0.15, 0.2) is 45.5 Å². The molecule has 0 spiro atoms. The standard InChI is InChI=1S/C14H12BrNO4/c1-19-13(17)8-9-3-2-4-10(7-9)16-14(18)11-5-6-12(15)20-11/h2-7H,8H2,1H3,(H,16,18). The van der Waals surface area contributed by atoms with Crippen molar-refractivity contribution in [2.75, 3.05) is 12.4 Å². The second kappa shape index (κ2) is 6.38. The maximum Gasteiger partial charge on any atom is 0.309 e. The van der Waals surface area contributed by atoms with Gasteiger partial charge < -0.3 is 14.5 Å². The van der Waals surface area contributed by atoms with Crippen LogP contribution in [0.1, 0.15) is 16.1 Å². The molecular weight excluding hydrogens is 326 g/mol. The minimum atomic E-state index is -0.356. The van der Waals surface area contributed by atoms with Crippen LogP contribution < -0.4 is 5.32 Å². The van der Waals surface area contributed by atoms with Crippen LogP contribution in [0.3, 0.4) is 0 Å². The molecule has 0 radical (unpaired) electrons. The number of ether oxygens (including phenoxy) is 1. The van der Waals surface area contributed by atoms with Gasteiger partial charge in [0.2, 0.25) is 0 Å². The van der Waals surface area contributed by atoms with E-state index in [1.807, 2.05) is 0 Å². The van der Waals surface area contributed by atoms with E-state index >= 15 is 0 Å². The summed E-state index contributed by atoms with van der Waals surface area (Å²) < 4.78 is 10.2. The van der Waals surface area contributed by atoms with Gasteiger partial charge in [0.1, 0.15) is 0 Å². The number of methoxy groups -OCH3 is 1. The highest BCUT2D eigenvalue weighted by molar-refractivity contribution is 9.10. The van der Waals surface area contributed by atoms with Crippen LogP contribution in [-0.4, -0.2) is 19.0 Å². The van der Waals surface area contributed by atoms with Crippen molar-refractivity contribution in [2.45, 2.75) is 6.42 Å². The molecule has 1 aromatic heterocycles. The van der Waals surface area contributed by atoms with Crippen molar-refractivity contribution in [3.63, 3.8) is 0 Å². The molecule has 0 bridgehead atoms. The summed E-state index contributed by atoms with van der Waals surface area (Å²) in [6, 6.07) is 10.2. The van der Waals surface area contributed by atoms with E-state index in [0.717, 1.165) is 5.56 Å². The molecule has 0 aliphatic heterocycles. The zero-order chi connectivity index (χ0) is 14.5. The second-order valence-corrected chi connectivity index (χ2v) is 4.79. The second-order valence-electron chi connectivity index (χ2n) is 4.01. The Bertz CT molecular complexity index is 636. The number of anilines is 1. The van der Waals surface area contributed by atoms with Gasteiger partial charge in [0.15, 0.2) is 10.4 Å². The minimum Gasteiger partial charge on any atom is -0.469 e. The fourth-order valence-corrected chi connectivity index (χ4v) is 1.93. The van der Waals surface area contributed by atoms with E-state index in [9.17, 15) is 9.59 Å². The molecule has 0 unspecified atom stereocenters. The third kappa shape index (κ3) is 3.71. The van der Waals surface area contributed by atoms with Crippen molar-refractivity contribution in [3.05, 3.63) is 52.4 Å². The fraction of sp³-hybridized carbons (Fsp3) is 0.143. The highest BCUT2D eigenvalue weighted by Gasteiger charge is 2.11. The Balaban J connectivity index is 2.08. The maximum atomic E-state index is 11.9. The van der Waals surface area contributed by atoms with E-state index in [0.29, 0.717) is 10.4 Å². The first-order chi connectivity index (χ1) is 9.58. The molecule has 0 aliphatic rings. The number of esters is 1. The summed E-state index contributed by atoms with van der Waals surface area (Å²) in [7, 11) is 1.34. The Kier molecular flexibility index (Phi) is 4.57. The lowest BCUT2D eigenvalue weighted by Crippen LogP contribution is -2.11. The van der Waals surface area contributed by atoms with Gasteiger partial charge in [0.05, 0.1) is 13.5 Å². The van der Waals surface area contributed by atoms with Crippen molar-refractivity contribution in [2.24, 2.45) is 0 Å². The zero-order valence-corrected chi connectivity index (χ0v) is 12.3. The van der Waals surface area contributed by atoms with Crippen molar-refractivity contribution in [1.29, 1.82) is 0 Å². The zero-order valence-electron chi connectivity index (χ0n) is 10.7. The van der Waals surface area contributed by atoms with Gasteiger partial charge in [-0.15, -0.1) is 0 Å². The van der Waals surface area contributed by atoms with Crippen LogP contribution in [0.25, 0.3) is 0 Å². The molecule has 2 rings (SSSR count). The van der Waals surface area contributed by atoms with E-state index in [4.69, 9.17) is 4.42 Å². The summed E-state index contributed by atoms with van der Waals surface area (Å²) >= 11 is 3.13. The molecule has 1 amide bonds. The number of amides is 1. The highest BCUT2D eigenvalue weighted by atomic mass is 79.9. The van der Waals surface area contributed by atoms with E-state index in [2.05, 4.69) is 26.0 Å². The minimum absolute atomic E-state index is 0.159. The Morgan fingerprint density at radius 2 is 2.10 bits per heavy atom. The fourth-order valence-electron chi connectivity index (χ4n) is 1.63. The van der Waals surface area contributed by atoms with Crippen molar-refractivity contribution in [1.82, 2.24) is 0 Å². The molecule has 1 aromatic carbocycles. The van der Waals surface area contributed by atoms with E-state index in [1.54, 1.807) is 36.4 Å². The van der Waals surface area contributed by atoms with Crippen LogP contribution in [0.2, 0.25) is 0 Å². The summed E-state index contributed by atoms with van der Waals surface area (Å²) in [5.41, 5.74) is 1.35. The largest absolute Gasteiger partial charge is 0.469 e. The molecule has 1 heterocycles. The van der Waals surface area contributed by atoms with Gasteiger partial charge in [-0.25, -0.2) is 0 Å². The maximum absolute atomic E-state index is 11.9. The molecule has 1 N–H and O–H groups in total. The van der Waals surface area contributed by atoms with E-state index in [-0.39, 0.29) is 24.1 Å². The van der Waals surface area contributed by atoms with E-state index in [1.165, 1.54) is 7.11 Å². The van der Waals surface area contributed by atoms with Gasteiger partial charge in [-0.1, -0.05) is 12.1 Å². The monoisotopic (exact) mass is 337 g/mol. The van der Waals surface area contributed by atoms with E-state index < -0.39 is 0 Å². The lowest BCUT2D eigenvalue weighted by molar-refractivity contribution is -0.139. The number of hydrogen-bond donors (Lipinski definition) is 1. The predicted molar refractivity (Wildman–Crippen MR) is 76.5 cm³/mol. The number of carbonyl (C=O) groups is 2. The number of furan rings is 1. The molecule has 2 aromatic rings. The van der Waals surface area contributed by atoms with Crippen LogP contribution in [0.5, 0.6) is 0 Å². The van der Waals surface area contributed by atoms with Crippen molar-refractivity contribution in [3.8, 4) is 0 Å². The Hall–Kier alpha value is -2.08. The Morgan fingerprint density at radius 3 is 2.75 bits per heavy atom. The first-order valence-corrected chi connectivity index (χ1v) is 6.60. The average molecular weight is 338 g/mol. The lowest BCUT2D eigenvalue weighted by atomic mass is 10.1. The van der Waals surface area contributed by atoms with Crippen molar-refractivity contribution >= 4 is 33.5 Å². The molecular formula is C14H12BrNO4. The number of nitrogens with one attached hydrogen (secondary N) is 1. The SMILES string of the molecule is COC(=O)Cc1cccc(NC(=O)c2ccc(Br)o2)c1. The molecule has 6 heteroatoms. The third-order valence-electron chi connectivity index (χ3n) is 2.56. The summed E-state index contributed by atoms with van der Waals surface area (Å²) in [4.78, 5) is 23.1. The lowest BCUT2D eigenvalue weighted by Gasteiger charge is -2.05. The van der Waals surface area contributed by atoms with Crippen LogP contribution in [0.4, 0.5) is 5.69 Å². The molecule has 20 heavy (non-hydrogen) atoms. The smallest absolute Gasteiger partial charge is 0.309 e. The summed E-state index contributed by atoms with van der Waals surface area (Å²) in [5.74, 6) is -0.482. The summed E-state index contributed by atoms with van der Waals surface area (Å²) in [6.07, 6.45) is 0.159. The molecule has 0 fully saturated rings. The number of benzene rings is 1. The van der Waals surface area contributed by atoms with Gasteiger partial charge in [0.25, 0.3) is 5.91 Å². The van der Waals surface area contributed by atoms with Gasteiger partial charge in [-0.05, 0) is 45.8 Å². The third-order valence-corrected chi connectivity index (χ3v) is 2.98. The molecule has 0 atom stereocenters. The molecule has 104 valence electrons. The van der Waals surface area contributed by atoms with Crippen LogP contribution in [0, 0.1) is 0 Å². The number of halogens is 1. The van der Waals surface area contributed by atoms with Crippen molar-refractivity contribution < 1.29 is 18.7 Å². The molecule has 0 saturated carbocycles. The van der Waals surface area contributed by atoms with Crippen LogP contribution >= 0.6 is 15.9 Å². The van der Waals surface area contributed by atoms with Crippen LogP contribution in [-0.2, 0) is 16.0 Å². The summed E-state index contributed by atoms with van der Waals surface area (Å²) in [6.45, 7) is 0. The average Bonchev–Trinajstić information content (AvgIpc) is 2.86. The number of hydrogen-bond acceptors (Lipinski definition) is 4. The number of carbonyl (C=O) groups excluding carboxylic acids is 2.